The standard InChI is InChI=1S/C11H12N/c1-9-7-8-11(12-9)10-5-3-2-4-6-10/h2-6,9H,1,7-8H2. The van der Waals surface area contributed by atoms with Crippen LogP contribution >= 0.6 is 0 Å². The van der Waals surface area contributed by atoms with Gasteiger partial charge in [-0.15, -0.1) is 0 Å². The van der Waals surface area contributed by atoms with Crippen LogP contribution in [0.4, 0.5) is 0 Å². The van der Waals surface area contributed by atoms with Crippen LogP contribution in [0.3, 0.4) is 0 Å². The molecule has 0 aliphatic carbocycles. The Morgan fingerprint density at radius 3 is 2.58 bits per heavy atom. The number of aliphatic imine (C=N–C) groups is 1. The molecular formula is C11H12N. The highest BCUT2D eigenvalue weighted by molar-refractivity contribution is 6.01. The van der Waals surface area contributed by atoms with Crippen molar-refractivity contribution in [2.75, 3.05) is 0 Å². The van der Waals surface area contributed by atoms with Gasteiger partial charge in [-0.1, -0.05) is 30.3 Å². The lowest BCUT2D eigenvalue weighted by Gasteiger charge is -1.97. The van der Waals surface area contributed by atoms with Gasteiger partial charge in [0.1, 0.15) is 0 Å². The van der Waals surface area contributed by atoms with Gasteiger partial charge in [-0.2, -0.15) is 0 Å². The molecule has 1 unspecified atom stereocenters. The van der Waals surface area contributed by atoms with Crippen LogP contribution < -0.4 is 0 Å². The Morgan fingerprint density at radius 1 is 1.25 bits per heavy atom. The summed E-state index contributed by atoms with van der Waals surface area (Å²) in [6, 6.07) is 10.6. The molecule has 1 aromatic carbocycles. The smallest absolute Gasteiger partial charge is 0.0507 e. The van der Waals surface area contributed by atoms with E-state index in [0.29, 0.717) is 0 Å². The van der Waals surface area contributed by atoms with Gasteiger partial charge >= 0.3 is 0 Å². The normalized spacial score (nSPS) is 22.4. The fourth-order valence-electron chi connectivity index (χ4n) is 1.50. The summed E-state index contributed by atoms with van der Waals surface area (Å²) < 4.78 is 0. The molecule has 0 aromatic heterocycles. The third kappa shape index (κ3) is 1.40. The van der Waals surface area contributed by atoms with Gasteiger partial charge in [-0.3, -0.25) is 4.99 Å². The molecule has 0 saturated carbocycles. The number of hydrogen-bond acceptors (Lipinski definition) is 1. The van der Waals surface area contributed by atoms with Crippen LogP contribution in [0.2, 0.25) is 0 Å². The lowest BCUT2D eigenvalue weighted by atomic mass is 10.1. The van der Waals surface area contributed by atoms with Crippen molar-refractivity contribution in [3.8, 4) is 0 Å². The van der Waals surface area contributed by atoms with Crippen molar-refractivity contribution in [1.29, 1.82) is 0 Å². The maximum absolute atomic E-state index is 4.46. The molecule has 12 heavy (non-hydrogen) atoms. The zero-order valence-electron chi connectivity index (χ0n) is 7.03. The summed E-state index contributed by atoms with van der Waals surface area (Å²) in [6.45, 7) is 3.93. The molecule has 0 spiro atoms. The zero-order valence-corrected chi connectivity index (χ0v) is 7.03. The minimum Gasteiger partial charge on any atom is -0.286 e. The lowest BCUT2D eigenvalue weighted by molar-refractivity contribution is 0.804. The van der Waals surface area contributed by atoms with E-state index in [9.17, 15) is 0 Å². The van der Waals surface area contributed by atoms with Gasteiger partial charge in [0, 0.05) is 5.71 Å². The van der Waals surface area contributed by atoms with E-state index in [2.05, 4.69) is 24.0 Å². The van der Waals surface area contributed by atoms with E-state index >= 15 is 0 Å². The number of nitrogens with zero attached hydrogens (tertiary/aromatic N) is 1. The molecule has 0 amide bonds. The summed E-state index contributed by atoms with van der Waals surface area (Å²) in [5, 5.41) is 0. The average Bonchev–Trinajstić information content (AvgIpc) is 2.54. The van der Waals surface area contributed by atoms with Gasteiger partial charge in [-0.25, -0.2) is 0 Å². The maximum Gasteiger partial charge on any atom is 0.0507 e. The number of rotatable bonds is 1. The topological polar surface area (TPSA) is 12.4 Å². The van der Waals surface area contributed by atoms with Crippen molar-refractivity contribution in [2.24, 2.45) is 4.99 Å². The summed E-state index contributed by atoms with van der Waals surface area (Å²) in [5.74, 6) is 0. The van der Waals surface area contributed by atoms with E-state index in [0.717, 1.165) is 12.8 Å². The Morgan fingerprint density at radius 2 is 2.00 bits per heavy atom. The first-order valence-electron chi connectivity index (χ1n) is 4.31. The Kier molecular flexibility index (Phi) is 1.94. The molecule has 1 heterocycles. The molecule has 61 valence electrons. The molecular weight excluding hydrogens is 146 g/mol. The van der Waals surface area contributed by atoms with E-state index in [1.54, 1.807) is 0 Å². The third-order valence-electron chi connectivity index (χ3n) is 2.16. The van der Waals surface area contributed by atoms with Gasteiger partial charge < -0.3 is 0 Å². The fourth-order valence-corrected chi connectivity index (χ4v) is 1.50. The number of hydrogen-bond donors (Lipinski definition) is 0. The SMILES string of the molecule is [CH2]C1CCC(c2ccccc2)=N1. The summed E-state index contributed by atoms with van der Waals surface area (Å²) in [6.07, 6.45) is 2.18. The molecule has 0 N–H and O–H groups in total. The van der Waals surface area contributed by atoms with Crippen LogP contribution in [-0.2, 0) is 0 Å². The Balaban J connectivity index is 2.27. The first kappa shape index (κ1) is 7.53. The highest BCUT2D eigenvalue weighted by Gasteiger charge is 2.13. The Hall–Kier alpha value is -1.11. The Bertz CT molecular complexity index is 287. The minimum atomic E-state index is 0.278. The van der Waals surface area contributed by atoms with E-state index in [1.807, 2.05) is 18.2 Å². The highest BCUT2D eigenvalue weighted by atomic mass is 14.8. The average molecular weight is 158 g/mol. The van der Waals surface area contributed by atoms with E-state index in [4.69, 9.17) is 0 Å². The molecule has 1 atom stereocenters. The van der Waals surface area contributed by atoms with Crippen LogP contribution in [-0.4, -0.2) is 11.8 Å². The van der Waals surface area contributed by atoms with Gasteiger partial charge in [0.2, 0.25) is 0 Å². The first-order chi connectivity index (χ1) is 5.86. The Labute approximate surface area is 73.1 Å². The predicted molar refractivity (Wildman–Crippen MR) is 51.4 cm³/mol. The summed E-state index contributed by atoms with van der Waals surface area (Å²) in [4.78, 5) is 4.46. The van der Waals surface area contributed by atoms with Gasteiger partial charge in [0.05, 0.1) is 6.04 Å². The molecule has 1 aliphatic heterocycles. The van der Waals surface area contributed by atoms with E-state index in [-0.39, 0.29) is 6.04 Å². The van der Waals surface area contributed by atoms with E-state index in [1.165, 1.54) is 11.3 Å². The summed E-state index contributed by atoms with van der Waals surface area (Å²) in [5.41, 5.74) is 2.47. The second-order valence-corrected chi connectivity index (χ2v) is 3.13. The summed E-state index contributed by atoms with van der Waals surface area (Å²) in [7, 11) is 0. The van der Waals surface area contributed by atoms with Crippen molar-refractivity contribution < 1.29 is 0 Å². The number of benzene rings is 1. The maximum atomic E-state index is 4.46. The molecule has 2 rings (SSSR count). The van der Waals surface area contributed by atoms with Crippen LogP contribution in [0, 0.1) is 6.92 Å². The first-order valence-corrected chi connectivity index (χ1v) is 4.31. The van der Waals surface area contributed by atoms with E-state index < -0.39 is 0 Å². The monoisotopic (exact) mass is 158 g/mol. The quantitative estimate of drug-likeness (QED) is 0.595. The second-order valence-electron chi connectivity index (χ2n) is 3.13. The molecule has 0 saturated heterocycles. The fraction of sp³-hybridized carbons (Fsp3) is 0.273. The molecule has 0 bridgehead atoms. The van der Waals surface area contributed by atoms with Crippen LogP contribution in [0.5, 0.6) is 0 Å². The summed E-state index contributed by atoms with van der Waals surface area (Å²) >= 11 is 0. The second kappa shape index (κ2) is 3.10. The molecule has 1 nitrogen and oxygen atoms in total. The van der Waals surface area contributed by atoms with Crippen molar-refractivity contribution in [1.82, 2.24) is 0 Å². The van der Waals surface area contributed by atoms with Crippen molar-refractivity contribution >= 4 is 5.71 Å². The molecule has 1 heteroatoms. The van der Waals surface area contributed by atoms with Gasteiger partial charge in [-0.05, 0) is 25.3 Å². The molecule has 1 aliphatic rings. The van der Waals surface area contributed by atoms with Crippen molar-refractivity contribution in [3.63, 3.8) is 0 Å². The highest BCUT2D eigenvalue weighted by Crippen LogP contribution is 2.17. The van der Waals surface area contributed by atoms with Gasteiger partial charge in [0.25, 0.3) is 0 Å². The minimum absolute atomic E-state index is 0.278. The predicted octanol–water partition coefficient (Wildman–Crippen LogP) is 2.47. The zero-order chi connectivity index (χ0) is 8.39. The van der Waals surface area contributed by atoms with Crippen molar-refractivity contribution in [3.05, 3.63) is 42.8 Å². The molecule has 1 radical (unpaired) electrons. The third-order valence-corrected chi connectivity index (χ3v) is 2.16. The molecule has 0 fully saturated rings. The van der Waals surface area contributed by atoms with Gasteiger partial charge in [0.15, 0.2) is 0 Å². The van der Waals surface area contributed by atoms with Crippen LogP contribution in [0.15, 0.2) is 35.3 Å². The lowest BCUT2D eigenvalue weighted by Crippen LogP contribution is -1.94. The molecule has 1 aromatic rings. The largest absolute Gasteiger partial charge is 0.286 e. The van der Waals surface area contributed by atoms with Crippen molar-refractivity contribution in [2.45, 2.75) is 18.9 Å². The van der Waals surface area contributed by atoms with Crippen LogP contribution in [0.1, 0.15) is 18.4 Å². The van der Waals surface area contributed by atoms with Crippen LogP contribution in [0.25, 0.3) is 0 Å².